The van der Waals surface area contributed by atoms with E-state index in [4.69, 9.17) is 0 Å². The van der Waals surface area contributed by atoms with Crippen molar-refractivity contribution in [1.82, 2.24) is 15.1 Å². The minimum atomic E-state index is -0.0443. The fraction of sp³-hybridized carbons (Fsp3) is 0.263. The molecule has 124 valence electrons. The van der Waals surface area contributed by atoms with E-state index in [-0.39, 0.29) is 5.91 Å². The molecule has 0 radical (unpaired) electrons. The van der Waals surface area contributed by atoms with Gasteiger partial charge in [0.15, 0.2) is 0 Å². The molecule has 5 heteroatoms. The minimum absolute atomic E-state index is 0.0443. The fourth-order valence-corrected chi connectivity index (χ4v) is 3.39. The molecule has 0 bridgehead atoms. The molecule has 2 heterocycles. The number of para-hydroxylation sites is 1. The zero-order chi connectivity index (χ0) is 16.8. The molecule has 3 rings (SSSR count). The second-order valence-electron chi connectivity index (χ2n) is 5.59. The highest BCUT2D eigenvalue weighted by molar-refractivity contribution is 7.09. The summed E-state index contributed by atoms with van der Waals surface area (Å²) < 4.78 is 1.87. The molecule has 0 spiro atoms. The number of nitrogens with one attached hydrogen (secondary N) is 1. The fourth-order valence-electron chi connectivity index (χ4n) is 2.68. The zero-order valence-corrected chi connectivity index (χ0v) is 14.6. The SMILES string of the molecule is CCCc1c(C(=O)NCCc2cccs2)cnn1-c1ccccc1. The molecule has 4 nitrogen and oxygen atoms in total. The number of rotatable bonds is 7. The van der Waals surface area contributed by atoms with E-state index >= 15 is 0 Å². The molecule has 0 aliphatic carbocycles. The predicted octanol–water partition coefficient (Wildman–Crippen LogP) is 3.86. The van der Waals surface area contributed by atoms with Gasteiger partial charge >= 0.3 is 0 Å². The summed E-state index contributed by atoms with van der Waals surface area (Å²) in [7, 11) is 0. The molecule has 0 aliphatic heterocycles. The maximum absolute atomic E-state index is 12.6. The molecule has 2 aromatic heterocycles. The zero-order valence-electron chi connectivity index (χ0n) is 13.7. The highest BCUT2D eigenvalue weighted by Crippen LogP contribution is 2.17. The average Bonchev–Trinajstić information content (AvgIpc) is 3.26. The van der Waals surface area contributed by atoms with E-state index in [9.17, 15) is 4.79 Å². The van der Waals surface area contributed by atoms with Gasteiger partial charge in [0, 0.05) is 11.4 Å². The van der Waals surface area contributed by atoms with Crippen LogP contribution in [0.2, 0.25) is 0 Å². The molecular formula is C19H21N3OS. The van der Waals surface area contributed by atoms with Crippen LogP contribution in [0.5, 0.6) is 0 Å². The predicted molar refractivity (Wildman–Crippen MR) is 97.9 cm³/mol. The van der Waals surface area contributed by atoms with Gasteiger partial charge in [-0.2, -0.15) is 5.10 Å². The highest BCUT2D eigenvalue weighted by atomic mass is 32.1. The molecule has 3 aromatic rings. The largest absolute Gasteiger partial charge is 0.352 e. The Bertz CT molecular complexity index is 778. The number of carbonyl (C=O) groups is 1. The Balaban J connectivity index is 1.74. The first-order valence-electron chi connectivity index (χ1n) is 8.22. The molecule has 24 heavy (non-hydrogen) atoms. The Kier molecular flexibility index (Phi) is 5.43. The van der Waals surface area contributed by atoms with Gasteiger partial charge in [0.05, 0.1) is 23.1 Å². The first kappa shape index (κ1) is 16.5. The number of carbonyl (C=O) groups excluding carboxylic acids is 1. The number of thiophene rings is 1. The Morgan fingerprint density at radius 3 is 2.71 bits per heavy atom. The van der Waals surface area contributed by atoms with Crippen LogP contribution in [0.15, 0.2) is 54.0 Å². The summed E-state index contributed by atoms with van der Waals surface area (Å²) >= 11 is 1.72. The van der Waals surface area contributed by atoms with Crippen molar-refractivity contribution in [3.63, 3.8) is 0 Å². The number of amides is 1. The number of hydrogen-bond acceptors (Lipinski definition) is 3. The quantitative estimate of drug-likeness (QED) is 0.710. The van der Waals surface area contributed by atoms with Gasteiger partial charge in [0.2, 0.25) is 0 Å². The van der Waals surface area contributed by atoms with Crippen LogP contribution in [0.4, 0.5) is 0 Å². The molecule has 1 N–H and O–H groups in total. The Morgan fingerprint density at radius 2 is 2.00 bits per heavy atom. The molecular weight excluding hydrogens is 318 g/mol. The van der Waals surface area contributed by atoms with Crippen molar-refractivity contribution in [2.75, 3.05) is 6.54 Å². The van der Waals surface area contributed by atoms with Crippen LogP contribution in [-0.4, -0.2) is 22.2 Å². The summed E-state index contributed by atoms with van der Waals surface area (Å²) in [5.41, 5.74) is 2.63. The van der Waals surface area contributed by atoms with Gasteiger partial charge in [-0.25, -0.2) is 4.68 Å². The standard InChI is InChI=1S/C19H21N3OS/c1-2-7-18-17(14-21-22(18)15-8-4-3-5-9-15)19(23)20-12-11-16-10-6-13-24-16/h3-6,8-10,13-14H,2,7,11-12H2,1H3,(H,20,23). The van der Waals surface area contributed by atoms with E-state index in [1.54, 1.807) is 17.5 Å². The van der Waals surface area contributed by atoms with Crippen LogP contribution in [0.25, 0.3) is 5.69 Å². The minimum Gasteiger partial charge on any atom is -0.352 e. The van der Waals surface area contributed by atoms with Crippen LogP contribution >= 0.6 is 11.3 Å². The van der Waals surface area contributed by atoms with Gasteiger partial charge in [0.25, 0.3) is 5.91 Å². The Labute approximate surface area is 146 Å². The Morgan fingerprint density at radius 1 is 1.17 bits per heavy atom. The molecule has 0 saturated carbocycles. The van der Waals surface area contributed by atoms with Gasteiger partial charge in [-0.15, -0.1) is 11.3 Å². The smallest absolute Gasteiger partial charge is 0.254 e. The molecule has 0 unspecified atom stereocenters. The molecule has 0 atom stereocenters. The van der Waals surface area contributed by atoms with Crippen molar-refractivity contribution in [2.24, 2.45) is 0 Å². The van der Waals surface area contributed by atoms with Crippen molar-refractivity contribution >= 4 is 17.2 Å². The first-order valence-corrected chi connectivity index (χ1v) is 9.10. The van der Waals surface area contributed by atoms with Crippen LogP contribution < -0.4 is 5.32 Å². The van der Waals surface area contributed by atoms with Crippen LogP contribution in [-0.2, 0) is 12.8 Å². The normalized spacial score (nSPS) is 10.7. The first-order chi connectivity index (χ1) is 11.8. The lowest BCUT2D eigenvalue weighted by Gasteiger charge is -2.09. The van der Waals surface area contributed by atoms with Crippen molar-refractivity contribution in [3.8, 4) is 5.69 Å². The van der Waals surface area contributed by atoms with Crippen LogP contribution in [0.1, 0.15) is 34.3 Å². The number of hydrogen-bond donors (Lipinski definition) is 1. The number of nitrogens with zero attached hydrogens (tertiary/aromatic N) is 2. The maximum atomic E-state index is 12.6. The molecule has 1 aromatic carbocycles. The van der Waals surface area contributed by atoms with Gasteiger partial charge in [-0.05, 0) is 36.4 Å². The van der Waals surface area contributed by atoms with E-state index in [0.29, 0.717) is 12.1 Å². The lowest BCUT2D eigenvalue weighted by Crippen LogP contribution is -2.26. The summed E-state index contributed by atoms with van der Waals surface area (Å²) in [5, 5.41) is 9.51. The highest BCUT2D eigenvalue weighted by Gasteiger charge is 2.17. The number of aromatic nitrogens is 2. The average molecular weight is 339 g/mol. The summed E-state index contributed by atoms with van der Waals surface area (Å²) in [6, 6.07) is 14.1. The van der Waals surface area contributed by atoms with Crippen LogP contribution in [0, 0.1) is 0 Å². The second-order valence-corrected chi connectivity index (χ2v) is 6.62. The van der Waals surface area contributed by atoms with Crippen molar-refractivity contribution in [1.29, 1.82) is 0 Å². The van der Waals surface area contributed by atoms with Gasteiger partial charge in [-0.1, -0.05) is 37.6 Å². The van der Waals surface area contributed by atoms with Gasteiger partial charge in [-0.3, -0.25) is 4.79 Å². The van der Waals surface area contributed by atoms with Crippen molar-refractivity contribution in [3.05, 3.63) is 70.2 Å². The monoisotopic (exact) mass is 339 g/mol. The van der Waals surface area contributed by atoms with Crippen molar-refractivity contribution in [2.45, 2.75) is 26.2 Å². The maximum Gasteiger partial charge on any atom is 0.254 e. The third kappa shape index (κ3) is 3.74. The van der Waals surface area contributed by atoms with Crippen LogP contribution in [0.3, 0.4) is 0 Å². The number of benzene rings is 1. The van der Waals surface area contributed by atoms with E-state index in [0.717, 1.165) is 30.6 Å². The van der Waals surface area contributed by atoms with E-state index in [1.165, 1.54) is 4.88 Å². The lowest BCUT2D eigenvalue weighted by molar-refractivity contribution is 0.0953. The van der Waals surface area contributed by atoms with Crippen molar-refractivity contribution < 1.29 is 4.79 Å². The summed E-state index contributed by atoms with van der Waals surface area (Å²) in [6.45, 7) is 2.75. The lowest BCUT2D eigenvalue weighted by atomic mass is 10.1. The summed E-state index contributed by atoms with van der Waals surface area (Å²) in [4.78, 5) is 13.8. The van der Waals surface area contributed by atoms with E-state index in [2.05, 4.69) is 28.8 Å². The third-order valence-electron chi connectivity index (χ3n) is 3.84. The van der Waals surface area contributed by atoms with Gasteiger partial charge < -0.3 is 5.32 Å². The summed E-state index contributed by atoms with van der Waals surface area (Å²) in [6.07, 6.45) is 4.33. The molecule has 0 saturated heterocycles. The topological polar surface area (TPSA) is 46.9 Å². The second kappa shape index (κ2) is 7.93. The third-order valence-corrected chi connectivity index (χ3v) is 4.77. The molecule has 0 fully saturated rings. The Hall–Kier alpha value is -2.40. The van der Waals surface area contributed by atoms with E-state index in [1.807, 2.05) is 41.1 Å². The van der Waals surface area contributed by atoms with E-state index < -0.39 is 0 Å². The molecule has 1 amide bonds. The molecule has 0 aliphatic rings. The van der Waals surface area contributed by atoms with Gasteiger partial charge in [0.1, 0.15) is 0 Å². The summed E-state index contributed by atoms with van der Waals surface area (Å²) in [5.74, 6) is -0.0443.